The molecule has 0 radical (unpaired) electrons. The maximum Gasteiger partial charge on any atom is 0.254 e. The average Bonchev–Trinajstić information content (AvgIpc) is 2.88. The first-order chi connectivity index (χ1) is 9.65. The SMILES string of the molecule is Cc1cc(N(C)Cc2ccccc2Cl)n2ncnc2n1. The maximum atomic E-state index is 6.21. The van der Waals surface area contributed by atoms with E-state index in [9.17, 15) is 0 Å². The molecule has 1 aromatic carbocycles. The van der Waals surface area contributed by atoms with Crippen LogP contribution < -0.4 is 4.90 Å². The highest BCUT2D eigenvalue weighted by Crippen LogP contribution is 2.21. The normalized spacial score (nSPS) is 10.9. The number of hydrogen-bond acceptors (Lipinski definition) is 4. The molecule has 2 aromatic heterocycles. The first-order valence-corrected chi connectivity index (χ1v) is 6.65. The molecule has 0 saturated heterocycles. The van der Waals surface area contributed by atoms with Gasteiger partial charge in [-0.05, 0) is 18.6 Å². The first-order valence-electron chi connectivity index (χ1n) is 6.27. The molecule has 0 spiro atoms. The van der Waals surface area contributed by atoms with Gasteiger partial charge in [-0.3, -0.25) is 0 Å². The molecule has 6 heteroatoms. The number of halogens is 1. The lowest BCUT2D eigenvalue weighted by Crippen LogP contribution is -2.20. The second-order valence-corrected chi connectivity index (χ2v) is 5.08. The molecule has 0 saturated carbocycles. The Morgan fingerprint density at radius 3 is 2.90 bits per heavy atom. The van der Waals surface area contributed by atoms with E-state index in [1.165, 1.54) is 6.33 Å². The summed E-state index contributed by atoms with van der Waals surface area (Å²) in [5.41, 5.74) is 1.98. The van der Waals surface area contributed by atoms with Gasteiger partial charge in [-0.15, -0.1) is 0 Å². The zero-order valence-corrected chi connectivity index (χ0v) is 12.0. The van der Waals surface area contributed by atoms with Crippen molar-refractivity contribution in [3.8, 4) is 0 Å². The van der Waals surface area contributed by atoms with Crippen molar-refractivity contribution in [1.29, 1.82) is 0 Å². The summed E-state index contributed by atoms with van der Waals surface area (Å²) >= 11 is 6.21. The van der Waals surface area contributed by atoms with Crippen LogP contribution in [0, 0.1) is 6.92 Å². The Hall–Kier alpha value is -2.14. The number of nitrogens with zero attached hydrogens (tertiary/aromatic N) is 5. The predicted octanol–water partition coefficient (Wildman–Crippen LogP) is 2.72. The van der Waals surface area contributed by atoms with Crippen LogP contribution in [0.2, 0.25) is 5.02 Å². The smallest absolute Gasteiger partial charge is 0.254 e. The molecule has 0 atom stereocenters. The van der Waals surface area contributed by atoms with Crippen molar-refractivity contribution in [1.82, 2.24) is 19.6 Å². The van der Waals surface area contributed by atoms with Crippen LogP contribution in [-0.4, -0.2) is 26.6 Å². The standard InChI is InChI=1S/C14H14ClN5/c1-10-7-13(20-14(18-10)16-9-17-20)19(2)8-11-5-3-4-6-12(11)15/h3-7,9H,8H2,1-2H3. The van der Waals surface area contributed by atoms with Crippen molar-refractivity contribution in [2.24, 2.45) is 0 Å². The van der Waals surface area contributed by atoms with Gasteiger partial charge in [0.05, 0.1) is 0 Å². The summed E-state index contributed by atoms with van der Waals surface area (Å²) in [6.07, 6.45) is 1.51. The molecular weight excluding hydrogens is 274 g/mol. The van der Waals surface area contributed by atoms with E-state index in [4.69, 9.17) is 11.6 Å². The summed E-state index contributed by atoms with van der Waals surface area (Å²) < 4.78 is 1.73. The molecule has 0 N–H and O–H groups in total. The number of benzene rings is 1. The third kappa shape index (κ3) is 2.32. The second kappa shape index (κ2) is 5.09. The molecule has 0 amide bonds. The zero-order valence-electron chi connectivity index (χ0n) is 11.3. The number of aromatic nitrogens is 4. The van der Waals surface area contributed by atoms with Gasteiger partial charge in [-0.25, -0.2) is 4.98 Å². The van der Waals surface area contributed by atoms with E-state index in [1.54, 1.807) is 4.52 Å². The fourth-order valence-corrected chi connectivity index (χ4v) is 2.34. The first kappa shape index (κ1) is 12.9. The molecule has 0 aliphatic carbocycles. The highest BCUT2D eigenvalue weighted by Gasteiger charge is 2.11. The maximum absolute atomic E-state index is 6.21. The van der Waals surface area contributed by atoms with Crippen LogP contribution in [0.15, 0.2) is 36.7 Å². The van der Waals surface area contributed by atoms with Gasteiger partial charge in [-0.1, -0.05) is 29.8 Å². The van der Waals surface area contributed by atoms with Gasteiger partial charge >= 0.3 is 0 Å². The summed E-state index contributed by atoms with van der Waals surface area (Å²) in [6.45, 7) is 2.64. The quantitative estimate of drug-likeness (QED) is 0.743. The fraction of sp³-hybridized carbons (Fsp3) is 0.214. The van der Waals surface area contributed by atoms with E-state index >= 15 is 0 Å². The van der Waals surface area contributed by atoms with Crippen molar-refractivity contribution in [3.63, 3.8) is 0 Å². The lowest BCUT2D eigenvalue weighted by atomic mass is 10.2. The number of hydrogen-bond donors (Lipinski definition) is 0. The Morgan fingerprint density at radius 2 is 2.10 bits per heavy atom. The molecule has 0 aliphatic heterocycles. The molecule has 0 aliphatic rings. The second-order valence-electron chi connectivity index (χ2n) is 4.68. The van der Waals surface area contributed by atoms with Crippen LogP contribution in [0.4, 0.5) is 5.82 Å². The van der Waals surface area contributed by atoms with Crippen molar-refractivity contribution in [3.05, 3.63) is 52.9 Å². The van der Waals surface area contributed by atoms with Crippen molar-refractivity contribution >= 4 is 23.2 Å². The van der Waals surface area contributed by atoms with E-state index in [-0.39, 0.29) is 0 Å². The predicted molar refractivity (Wildman–Crippen MR) is 79.1 cm³/mol. The van der Waals surface area contributed by atoms with Gasteiger partial charge in [0.15, 0.2) is 0 Å². The van der Waals surface area contributed by atoms with Crippen molar-refractivity contribution in [2.75, 3.05) is 11.9 Å². The van der Waals surface area contributed by atoms with Crippen LogP contribution in [0.1, 0.15) is 11.3 Å². The summed E-state index contributed by atoms with van der Waals surface area (Å²) in [4.78, 5) is 10.6. The van der Waals surface area contributed by atoms with Crippen molar-refractivity contribution < 1.29 is 0 Å². The molecule has 3 aromatic rings. The van der Waals surface area contributed by atoms with Gasteiger partial charge in [0.2, 0.25) is 0 Å². The summed E-state index contributed by atoms with van der Waals surface area (Å²) in [5, 5.41) is 4.98. The Bertz CT molecular complexity index is 752. The third-order valence-corrected chi connectivity index (χ3v) is 3.49. The van der Waals surface area contributed by atoms with Crippen LogP contribution in [0.25, 0.3) is 5.78 Å². The minimum atomic E-state index is 0.603. The largest absolute Gasteiger partial charge is 0.355 e. The Kier molecular flexibility index (Phi) is 3.28. The van der Waals surface area contributed by atoms with Crippen LogP contribution in [0.3, 0.4) is 0 Å². The van der Waals surface area contributed by atoms with E-state index in [1.807, 2.05) is 44.3 Å². The molecule has 0 bridgehead atoms. The third-order valence-electron chi connectivity index (χ3n) is 3.12. The molecule has 3 rings (SSSR count). The average molecular weight is 288 g/mol. The molecule has 5 nitrogen and oxygen atoms in total. The van der Waals surface area contributed by atoms with Gasteiger partial charge in [0, 0.05) is 30.4 Å². The molecule has 0 fully saturated rings. The lowest BCUT2D eigenvalue weighted by Gasteiger charge is -2.20. The number of fused-ring (bicyclic) bond motifs is 1. The van der Waals surface area contributed by atoms with Crippen LogP contribution in [-0.2, 0) is 6.54 Å². The van der Waals surface area contributed by atoms with Gasteiger partial charge in [0.1, 0.15) is 12.1 Å². The topological polar surface area (TPSA) is 46.3 Å². The zero-order chi connectivity index (χ0) is 14.1. The summed E-state index contributed by atoms with van der Waals surface area (Å²) in [6, 6.07) is 9.81. The van der Waals surface area contributed by atoms with Crippen LogP contribution in [0.5, 0.6) is 0 Å². The molecule has 102 valence electrons. The molecule has 0 unspecified atom stereocenters. The highest BCUT2D eigenvalue weighted by atomic mass is 35.5. The monoisotopic (exact) mass is 287 g/mol. The lowest BCUT2D eigenvalue weighted by molar-refractivity contribution is 0.827. The Morgan fingerprint density at radius 1 is 1.30 bits per heavy atom. The number of aryl methyl sites for hydroxylation is 1. The number of rotatable bonds is 3. The van der Waals surface area contributed by atoms with E-state index in [0.717, 1.165) is 22.1 Å². The number of anilines is 1. The summed E-state index contributed by atoms with van der Waals surface area (Å²) in [5.74, 6) is 1.54. The van der Waals surface area contributed by atoms with E-state index in [2.05, 4.69) is 20.0 Å². The highest BCUT2D eigenvalue weighted by molar-refractivity contribution is 6.31. The Labute approximate surface area is 121 Å². The van der Waals surface area contributed by atoms with Crippen molar-refractivity contribution in [2.45, 2.75) is 13.5 Å². The van der Waals surface area contributed by atoms with Crippen LogP contribution >= 0.6 is 11.6 Å². The van der Waals surface area contributed by atoms with Gasteiger partial charge in [-0.2, -0.15) is 14.6 Å². The van der Waals surface area contributed by atoms with E-state index < -0.39 is 0 Å². The molecular formula is C14H14ClN5. The van der Waals surface area contributed by atoms with E-state index in [0.29, 0.717) is 12.3 Å². The van der Waals surface area contributed by atoms with Gasteiger partial charge < -0.3 is 4.90 Å². The molecule has 2 heterocycles. The molecule has 20 heavy (non-hydrogen) atoms. The summed E-state index contributed by atoms with van der Waals surface area (Å²) in [7, 11) is 2.00. The van der Waals surface area contributed by atoms with Gasteiger partial charge in [0.25, 0.3) is 5.78 Å². The minimum Gasteiger partial charge on any atom is -0.355 e. The minimum absolute atomic E-state index is 0.603. The Balaban J connectivity index is 1.98. The fourth-order valence-electron chi connectivity index (χ4n) is 2.15.